The fourth-order valence-corrected chi connectivity index (χ4v) is 1.07. The van der Waals surface area contributed by atoms with Crippen LogP contribution in [-0.4, -0.2) is 28.4 Å². The molecule has 1 aromatic rings. The van der Waals surface area contributed by atoms with Crippen molar-refractivity contribution in [3.05, 3.63) is 11.9 Å². The van der Waals surface area contributed by atoms with Gasteiger partial charge in [-0.3, -0.25) is 0 Å². The summed E-state index contributed by atoms with van der Waals surface area (Å²) in [5.41, 5.74) is 4.86. The lowest BCUT2D eigenvalue weighted by Crippen LogP contribution is -2.46. The van der Waals surface area contributed by atoms with Gasteiger partial charge in [0, 0.05) is 6.07 Å². The van der Waals surface area contributed by atoms with Gasteiger partial charge >= 0.3 is 18.5 Å². The van der Waals surface area contributed by atoms with Crippen LogP contribution in [0.2, 0.25) is 0 Å². The summed E-state index contributed by atoms with van der Waals surface area (Å²) in [7, 11) is 0. The van der Waals surface area contributed by atoms with E-state index >= 15 is 0 Å². The average Bonchev–Trinajstić information content (AvgIpc) is 2.20. The van der Waals surface area contributed by atoms with Crippen molar-refractivity contribution in [1.82, 2.24) is 9.97 Å². The van der Waals surface area contributed by atoms with E-state index in [9.17, 15) is 39.5 Å². The van der Waals surface area contributed by atoms with Gasteiger partial charge in [-0.05, 0) is 0 Å². The highest BCUT2D eigenvalue weighted by atomic mass is 19.4. The molecule has 13 heteroatoms. The van der Waals surface area contributed by atoms with Gasteiger partial charge in [-0.15, -0.1) is 0 Å². The van der Waals surface area contributed by atoms with Crippen molar-refractivity contribution in [2.24, 2.45) is 0 Å². The Balaban J connectivity index is 3.20. The molecule has 0 saturated carbocycles. The minimum atomic E-state index is -5.91. The molecule has 4 nitrogen and oxygen atoms in total. The molecule has 0 bridgehead atoms. The third kappa shape index (κ3) is 4.53. The number of nitrogen functional groups attached to an aromatic ring is 1. The summed E-state index contributed by atoms with van der Waals surface area (Å²) in [6.07, 6.45) is -21.4. The normalized spacial score (nSPS) is 13.6. The molecule has 0 aromatic carbocycles. The van der Waals surface area contributed by atoms with Crippen LogP contribution in [0, 0.1) is 0 Å². The highest BCUT2D eigenvalue weighted by Crippen LogP contribution is 2.37. The summed E-state index contributed by atoms with van der Waals surface area (Å²) in [6, 6.07) is 0.208. The second kappa shape index (κ2) is 5.11. The molecular weight excluding hydrogens is 325 g/mol. The Bertz CT molecular complexity index is 493. The fourth-order valence-electron chi connectivity index (χ4n) is 1.07. The predicted octanol–water partition coefficient (Wildman–Crippen LogP) is 2.95. The molecule has 0 saturated heterocycles. The molecule has 120 valence electrons. The molecule has 0 radical (unpaired) electrons. The maximum Gasteiger partial charge on any atom is 0.451 e. The van der Waals surface area contributed by atoms with Crippen molar-refractivity contribution < 1.29 is 44.3 Å². The van der Waals surface area contributed by atoms with Crippen molar-refractivity contribution in [3.8, 4) is 5.88 Å². The summed E-state index contributed by atoms with van der Waals surface area (Å²) in [6.45, 7) is 0. The number of hydrogen-bond donors (Lipinski definition) is 1. The standard InChI is InChI=1S/C8H4F9N3O/c9-6(10,11)4(7(12,13)14)21-3-1-2(18)19-5(20-3)8(15,16)17/h1,4H,(H2,18,19,20). The van der Waals surface area contributed by atoms with E-state index in [1.54, 1.807) is 0 Å². The van der Waals surface area contributed by atoms with E-state index in [0.717, 1.165) is 0 Å². The van der Waals surface area contributed by atoms with Gasteiger partial charge in [-0.25, -0.2) is 4.98 Å². The first-order valence-electron chi connectivity index (χ1n) is 4.73. The van der Waals surface area contributed by atoms with Gasteiger partial charge in [-0.2, -0.15) is 44.5 Å². The third-order valence-corrected chi connectivity index (χ3v) is 1.81. The zero-order valence-corrected chi connectivity index (χ0v) is 9.44. The van der Waals surface area contributed by atoms with Crippen molar-refractivity contribution >= 4 is 5.82 Å². The molecule has 0 aliphatic heterocycles. The van der Waals surface area contributed by atoms with Crippen molar-refractivity contribution in [2.45, 2.75) is 24.6 Å². The summed E-state index contributed by atoms with van der Waals surface area (Å²) in [5, 5.41) is 0. The number of ether oxygens (including phenoxy) is 1. The van der Waals surface area contributed by atoms with Crippen LogP contribution in [-0.2, 0) is 6.18 Å². The smallest absolute Gasteiger partial charge is 0.451 e. The van der Waals surface area contributed by atoms with Crippen LogP contribution < -0.4 is 10.5 Å². The second-order valence-corrected chi connectivity index (χ2v) is 3.53. The molecule has 1 rings (SSSR count). The minimum absolute atomic E-state index is 0.208. The van der Waals surface area contributed by atoms with Crippen LogP contribution >= 0.6 is 0 Å². The van der Waals surface area contributed by atoms with Gasteiger partial charge in [0.15, 0.2) is 0 Å². The third-order valence-electron chi connectivity index (χ3n) is 1.81. The van der Waals surface area contributed by atoms with Crippen LogP contribution in [0.3, 0.4) is 0 Å². The van der Waals surface area contributed by atoms with Gasteiger partial charge in [0.1, 0.15) is 5.82 Å². The minimum Gasteiger partial charge on any atom is -0.455 e. The van der Waals surface area contributed by atoms with E-state index in [4.69, 9.17) is 5.73 Å². The molecule has 0 unspecified atom stereocenters. The molecule has 0 atom stereocenters. The van der Waals surface area contributed by atoms with E-state index in [-0.39, 0.29) is 6.07 Å². The Morgan fingerprint density at radius 1 is 0.905 bits per heavy atom. The quantitative estimate of drug-likeness (QED) is 0.848. The Hall–Kier alpha value is -1.95. The number of alkyl halides is 9. The first-order chi connectivity index (χ1) is 9.21. The first-order valence-corrected chi connectivity index (χ1v) is 4.73. The Kier molecular flexibility index (Phi) is 4.16. The fraction of sp³-hybridized carbons (Fsp3) is 0.500. The van der Waals surface area contributed by atoms with Crippen molar-refractivity contribution in [3.63, 3.8) is 0 Å². The lowest BCUT2D eigenvalue weighted by atomic mass is 10.3. The molecule has 0 spiro atoms. The monoisotopic (exact) mass is 329 g/mol. The molecule has 1 aromatic heterocycles. The van der Waals surface area contributed by atoms with E-state index in [1.165, 1.54) is 0 Å². The lowest BCUT2D eigenvalue weighted by Gasteiger charge is -2.23. The van der Waals surface area contributed by atoms with Gasteiger partial charge in [0.25, 0.3) is 6.10 Å². The molecular formula is C8H4F9N3O. The largest absolute Gasteiger partial charge is 0.455 e. The first kappa shape index (κ1) is 17.1. The van der Waals surface area contributed by atoms with Crippen LogP contribution in [0.25, 0.3) is 0 Å². The number of nitrogens with two attached hydrogens (primary N) is 1. The van der Waals surface area contributed by atoms with E-state index < -0.39 is 42.2 Å². The van der Waals surface area contributed by atoms with Crippen molar-refractivity contribution in [2.75, 3.05) is 5.73 Å². The van der Waals surface area contributed by atoms with Gasteiger partial charge in [-0.1, -0.05) is 0 Å². The molecule has 0 aliphatic carbocycles. The number of rotatable bonds is 2. The number of nitrogens with zero attached hydrogens (tertiary/aromatic N) is 2. The summed E-state index contributed by atoms with van der Waals surface area (Å²) in [4.78, 5) is 5.07. The number of hydrogen-bond acceptors (Lipinski definition) is 4. The zero-order chi connectivity index (χ0) is 16.6. The molecule has 2 N–H and O–H groups in total. The Morgan fingerprint density at radius 2 is 1.38 bits per heavy atom. The van der Waals surface area contributed by atoms with Crippen molar-refractivity contribution in [1.29, 1.82) is 0 Å². The summed E-state index contributed by atoms with van der Waals surface area (Å²) in [5.74, 6) is -4.63. The number of aromatic nitrogens is 2. The van der Waals surface area contributed by atoms with Crippen LogP contribution in [0.4, 0.5) is 45.3 Å². The Morgan fingerprint density at radius 3 is 1.76 bits per heavy atom. The van der Waals surface area contributed by atoms with E-state index in [0.29, 0.717) is 0 Å². The van der Waals surface area contributed by atoms with Gasteiger partial charge in [0.05, 0.1) is 0 Å². The predicted molar refractivity (Wildman–Crippen MR) is 48.0 cm³/mol. The maximum absolute atomic E-state index is 12.3. The highest BCUT2D eigenvalue weighted by Gasteiger charge is 2.59. The zero-order valence-electron chi connectivity index (χ0n) is 9.44. The number of halogens is 9. The van der Waals surface area contributed by atoms with Gasteiger partial charge in [0.2, 0.25) is 11.7 Å². The van der Waals surface area contributed by atoms with Crippen LogP contribution in [0.1, 0.15) is 5.82 Å². The number of anilines is 1. The maximum atomic E-state index is 12.3. The summed E-state index contributed by atoms with van der Waals surface area (Å²) >= 11 is 0. The topological polar surface area (TPSA) is 61.0 Å². The highest BCUT2D eigenvalue weighted by molar-refractivity contribution is 5.33. The second-order valence-electron chi connectivity index (χ2n) is 3.53. The lowest BCUT2D eigenvalue weighted by molar-refractivity contribution is -0.300. The molecule has 0 fully saturated rings. The van der Waals surface area contributed by atoms with Gasteiger partial charge < -0.3 is 10.5 Å². The molecule has 0 amide bonds. The molecule has 1 heterocycles. The molecule has 0 aliphatic rings. The Labute approximate surface area is 109 Å². The summed E-state index contributed by atoms with van der Waals surface area (Å²) < 4.78 is 113. The SMILES string of the molecule is Nc1cc(OC(C(F)(F)F)C(F)(F)F)nc(C(F)(F)F)n1. The average molecular weight is 329 g/mol. The van der Waals surface area contributed by atoms with Crippen LogP contribution in [0.5, 0.6) is 5.88 Å². The van der Waals surface area contributed by atoms with E-state index in [1.807, 2.05) is 0 Å². The molecule has 21 heavy (non-hydrogen) atoms. The van der Waals surface area contributed by atoms with Crippen LogP contribution in [0.15, 0.2) is 6.07 Å². The van der Waals surface area contributed by atoms with E-state index in [2.05, 4.69) is 14.7 Å².